The van der Waals surface area contributed by atoms with Crippen LogP contribution in [0.3, 0.4) is 0 Å². The van der Waals surface area contributed by atoms with Crippen LogP contribution in [0.4, 0.5) is 9.52 Å². The van der Waals surface area contributed by atoms with Crippen molar-refractivity contribution in [3.05, 3.63) is 40.5 Å². The number of anilines is 1. The van der Waals surface area contributed by atoms with E-state index in [1.807, 2.05) is 19.0 Å². The van der Waals surface area contributed by atoms with Crippen LogP contribution in [0.15, 0.2) is 24.3 Å². The number of fused-ring (bicyclic) bond motifs is 1. The van der Waals surface area contributed by atoms with Gasteiger partial charge in [-0.1, -0.05) is 11.3 Å². The van der Waals surface area contributed by atoms with Gasteiger partial charge < -0.3 is 14.4 Å². The Labute approximate surface area is 146 Å². The van der Waals surface area contributed by atoms with E-state index in [0.717, 1.165) is 14.7 Å². The highest BCUT2D eigenvalue weighted by Gasteiger charge is 2.16. The van der Waals surface area contributed by atoms with E-state index in [9.17, 15) is 9.18 Å². The van der Waals surface area contributed by atoms with Gasteiger partial charge in [0.25, 0.3) is 0 Å². The summed E-state index contributed by atoms with van der Waals surface area (Å²) in [6.07, 6.45) is 0. The molecule has 0 bridgehead atoms. The first-order valence-corrected chi connectivity index (χ1v) is 8.68. The lowest BCUT2D eigenvalue weighted by atomic mass is 10.2. The average Bonchev–Trinajstić information content (AvgIpc) is 3.11. The smallest absolute Gasteiger partial charge is 0.348 e. The minimum Gasteiger partial charge on any atom is -0.496 e. The predicted molar refractivity (Wildman–Crippen MR) is 93.9 cm³/mol. The summed E-state index contributed by atoms with van der Waals surface area (Å²) in [7, 11) is 5.33. The van der Waals surface area contributed by atoms with Crippen LogP contribution < -0.4 is 9.64 Å². The van der Waals surface area contributed by atoms with Gasteiger partial charge in [0.05, 0.1) is 11.8 Å². The fourth-order valence-corrected chi connectivity index (χ4v) is 4.12. The molecule has 0 saturated carbocycles. The molecule has 1 aromatic carbocycles. The van der Waals surface area contributed by atoms with Gasteiger partial charge in [-0.3, -0.25) is 0 Å². The van der Waals surface area contributed by atoms with Crippen LogP contribution in [0.25, 0.3) is 9.53 Å². The molecule has 0 atom stereocenters. The molecule has 0 aliphatic heterocycles. The van der Waals surface area contributed by atoms with E-state index >= 15 is 0 Å². The molecule has 5 nitrogen and oxygen atoms in total. The number of hydrogen-bond acceptors (Lipinski definition) is 7. The molecule has 24 heavy (non-hydrogen) atoms. The second-order valence-electron chi connectivity index (χ2n) is 5.20. The van der Waals surface area contributed by atoms with Crippen molar-refractivity contribution >= 4 is 43.3 Å². The topological polar surface area (TPSA) is 51.7 Å². The largest absolute Gasteiger partial charge is 0.496 e. The Kier molecular flexibility index (Phi) is 4.68. The zero-order chi connectivity index (χ0) is 17.3. The summed E-state index contributed by atoms with van der Waals surface area (Å²) >= 11 is 2.80. The molecule has 126 valence electrons. The van der Waals surface area contributed by atoms with Crippen molar-refractivity contribution in [3.63, 3.8) is 0 Å². The number of methoxy groups -OCH3 is 1. The maximum atomic E-state index is 13.3. The summed E-state index contributed by atoms with van der Waals surface area (Å²) in [4.78, 5) is 19.9. The zero-order valence-electron chi connectivity index (χ0n) is 13.3. The monoisotopic (exact) mass is 366 g/mol. The van der Waals surface area contributed by atoms with Gasteiger partial charge in [-0.05, 0) is 24.3 Å². The molecule has 0 amide bonds. The second-order valence-corrected chi connectivity index (χ2v) is 7.24. The first kappa shape index (κ1) is 16.7. The van der Waals surface area contributed by atoms with Gasteiger partial charge in [-0.15, -0.1) is 11.3 Å². The third-order valence-corrected chi connectivity index (χ3v) is 5.57. The number of carbonyl (C=O) groups is 1. The third-order valence-electron chi connectivity index (χ3n) is 3.26. The number of aromatic nitrogens is 1. The van der Waals surface area contributed by atoms with Gasteiger partial charge >= 0.3 is 5.97 Å². The highest BCUT2D eigenvalue weighted by atomic mass is 32.1. The molecule has 8 heteroatoms. The molecule has 0 aliphatic rings. The Morgan fingerprint density at radius 2 is 2.08 bits per heavy atom. The number of thiophene rings is 1. The van der Waals surface area contributed by atoms with E-state index in [2.05, 4.69) is 4.98 Å². The first-order chi connectivity index (χ1) is 11.5. The molecular formula is C16H15FN2O3S2. The normalized spacial score (nSPS) is 10.8. The lowest BCUT2D eigenvalue weighted by molar-refractivity contribution is 0.0475. The molecule has 2 heterocycles. The summed E-state index contributed by atoms with van der Waals surface area (Å²) < 4.78 is 24.7. The number of esters is 1. The summed E-state index contributed by atoms with van der Waals surface area (Å²) in [5.74, 6) is -0.379. The molecule has 2 aromatic heterocycles. The number of nitrogens with zero attached hydrogens (tertiary/aromatic N) is 2. The summed E-state index contributed by atoms with van der Waals surface area (Å²) in [5.41, 5.74) is 0.484. The van der Waals surface area contributed by atoms with Crippen molar-refractivity contribution in [2.45, 2.75) is 6.61 Å². The predicted octanol–water partition coefficient (Wildman–Crippen LogP) is 3.93. The average molecular weight is 366 g/mol. The number of hydrogen-bond donors (Lipinski definition) is 0. The van der Waals surface area contributed by atoms with Crippen LogP contribution in [-0.4, -0.2) is 32.2 Å². The number of rotatable bonds is 5. The molecule has 0 aliphatic carbocycles. The molecule has 0 unspecified atom stereocenters. The standard InChI is InChI=1S/C16H15FN2O3S2/c1-19(2)16-18-14-12(24-16)7-13(23-14)15(20)22-8-9-6-10(17)4-5-11(9)21-3/h4-7H,8H2,1-3H3. The fourth-order valence-electron chi connectivity index (χ4n) is 2.09. The van der Waals surface area contributed by atoms with Crippen LogP contribution in [0.5, 0.6) is 5.75 Å². The number of carbonyl (C=O) groups excluding carboxylic acids is 1. The minimum atomic E-state index is -0.456. The van der Waals surface area contributed by atoms with Gasteiger partial charge in [0.2, 0.25) is 0 Å². The van der Waals surface area contributed by atoms with Gasteiger partial charge in [-0.25, -0.2) is 14.2 Å². The summed E-state index contributed by atoms with van der Waals surface area (Å²) in [6.45, 7) is -0.0539. The zero-order valence-corrected chi connectivity index (χ0v) is 15.0. The van der Waals surface area contributed by atoms with Crippen molar-refractivity contribution in [1.29, 1.82) is 0 Å². The number of halogens is 1. The molecular weight excluding hydrogens is 351 g/mol. The molecule has 0 saturated heterocycles. The second kappa shape index (κ2) is 6.74. The molecule has 3 aromatic rings. The Morgan fingerprint density at radius 1 is 1.29 bits per heavy atom. The lowest BCUT2D eigenvalue weighted by Gasteiger charge is -2.09. The fraction of sp³-hybridized carbons (Fsp3) is 0.250. The van der Waals surface area contributed by atoms with E-state index in [1.165, 1.54) is 48.0 Å². The molecule has 0 radical (unpaired) electrons. The maximum Gasteiger partial charge on any atom is 0.348 e. The Hall–Kier alpha value is -2.19. The molecule has 0 fully saturated rings. The Morgan fingerprint density at radius 3 is 2.75 bits per heavy atom. The van der Waals surface area contributed by atoms with Crippen LogP contribution in [0, 0.1) is 5.82 Å². The molecule has 3 rings (SSSR count). The van der Waals surface area contributed by atoms with Gasteiger partial charge in [0.1, 0.15) is 27.9 Å². The summed E-state index contributed by atoms with van der Waals surface area (Å²) in [5, 5.41) is 0.890. The highest BCUT2D eigenvalue weighted by Crippen LogP contribution is 2.34. The number of thiazole rings is 1. The van der Waals surface area contributed by atoms with Crippen LogP contribution in [-0.2, 0) is 11.3 Å². The van der Waals surface area contributed by atoms with E-state index in [4.69, 9.17) is 9.47 Å². The Balaban J connectivity index is 1.73. The van der Waals surface area contributed by atoms with Gasteiger partial charge in [0.15, 0.2) is 5.13 Å². The minimum absolute atomic E-state index is 0.0539. The van der Waals surface area contributed by atoms with E-state index in [1.54, 1.807) is 6.07 Å². The maximum absolute atomic E-state index is 13.3. The van der Waals surface area contributed by atoms with Crippen molar-refractivity contribution in [3.8, 4) is 5.75 Å². The molecule has 0 spiro atoms. The summed E-state index contributed by atoms with van der Waals surface area (Å²) in [6, 6.07) is 5.87. The van der Waals surface area contributed by atoms with Crippen molar-refractivity contribution in [1.82, 2.24) is 4.98 Å². The van der Waals surface area contributed by atoms with Crippen LogP contribution in [0.2, 0.25) is 0 Å². The van der Waals surface area contributed by atoms with Crippen molar-refractivity contribution in [2.24, 2.45) is 0 Å². The number of benzene rings is 1. The Bertz CT molecular complexity index is 857. The van der Waals surface area contributed by atoms with Crippen molar-refractivity contribution in [2.75, 3.05) is 26.1 Å². The van der Waals surface area contributed by atoms with Gasteiger partial charge in [-0.2, -0.15) is 0 Å². The van der Waals surface area contributed by atoms with E-state index < -0.39 is 11.8 Å². The van der Waals surface area contributed by atoms with Crippen LogP contribution in [0.1, 0.15) is 15.2 Å². The molecule has 0 N–H and O–H groups in total. The van der Waals surface area contributed by atoms with Gasteiger partial charge in [0, 0.05) is 19.7 Å². The van der Waals surface area contributed by atoms with E-state index in [-0.39, 0.29) is 6.61 Å². The first-order valence-electron chi connectivity index (χ1n) is 7.05. The van der Waals surface area contributed by atoms with Crippen molar-refractivity contribution < 1.29 is 18.7 Å². The SMILES string of the molecule is COc1ccc(F)cc1COC(=O)c1cc2sc(N(C)C)nc2s1. The third kappa shape index (κ3) is 3.34. The lowest BCUT2D eigenvalue weighted by Crippen LogP contribution is -2.07. The highest BCUT2D eigenvalue weighted by molar-refractivity contribution is 7.29. The number of ether oxygens (including phenoxy) is 2. The quantitative estimate of drug-likeness (QED) is 0.641. The van der Waals surface area contributed by atoms with Crippen LogP contribution >= 0.6 is 22.7 Å². The van der Waals surface area contributed by atoms with E-state index in [0.29, 0.717) is 16.2 Å².